The van der Waals surface area contributed by atoms with Crippen LogP contribution in [-0.4, -0.2) is 187 Å². The number of ketones is 5. The average molecular weight is 1500 g/mol. The number of carbonyl (C=O) groups excluding carboxylic acids is 11. The van der Waals surface area contributed by atoms with Crippen molar-refractivity contribution in [3.63, 3.8) is 0 Å². The number of aliphatic imine (C=N–C) groups is 2. The molecule has 0 aliphatic rings. The first-order chi connectivity index (χ1) is 51.1. The molecule has 11 atom stereocenters. The number of phenolic OH excluding ortho intramolecular Hbond substituents is 1. The second-order valence-electron chi connectivity index (χ2n) is 28.3. The van der Waals surface area contributed by atoms with Crippen LogP contribution in [0.3, 0.4) is 0 Å². The largest absolute Gasteiger partial charge is 0.508 e. The second kappa shape index (κ2) is 52.1. The van der Waals surface area contributed by atoms with Gasteiger partial charge in [-0.15, -0.1) is 0 Å². The van der Waals surface area contributed by atoms with Gasteiger partial charge in [0.2, 0.25) is 35.4 Å². The van der Waals surface area contributed by atoms with E-state index < -0.39 is 176 Å². The lowest BCUT2D eigenvalue weighted by molar-refractivity contribution is -0.137. The van der Waals surface area contributed by atoms with Gasteiger partial charge in [0.15, 0.2) is 40.8 Å². The average Bonchev–Trinajstić information content (AvgIpc) is 1.23. The van der Waals surface area contributed by atoms with Gasteiger partial charge in [0.25, 0.3) is 0 Å². The van der Waals surface area contributed by atoms with E-state index in [4.69, 9.17) is 22.9 Å². The van der Waals surface area contributed by atoms with E-state index in [1.165, 1.54) is 95.1 Å². The van der Waals surface area contributed by atoms with Crippen molar-refractivity contribution in [2.45, 2.75) is 250 Å². The number of rotatable bonds is 59. The number of carbonyl (C=O) groups is 11. The van der Waals surface area contributed by atoms with Crippen LogP contribution in [0.15, 0.2) is 77.1 Å². The van der Waals surface area contributed by atoms with Gasteiger partial charge in [-0.05, 0) is 87.5 Å². The lowest BCUT2D eigenvalue weighted by Gasteiger charge is -2.27. The summed E-state index contributed by atoms with van der Waals surface area (Å²) in [6.45, 7) is 6.09. The highest BCUT2D eigenvalue weighted by Gasteiger charge is 2.38. The Balaban J connectivity index is 1.95. The maximum Gasteiger partial charge on any atom is 0.245 e. The van der Waals surface area contributed by atoms with Crippen molar-refractivity contribution < 1.29 is 78.3 Å². The number of benzene rings is 2. The zero-order chi connectivity index (χ0) is 79.2. The fourth-order valence-electron chi connectivity index (χ4n) is 12.5. The summed E-state index contributed by atoms with van der Waals surface area (Å²) in [7, 11) is 0. The van der Waals surface area contributed by atoms with Crippen molar-refractivity contribution in [2.75, 3.05) is 32.9 Å². The predicted molar refractivity (Wildman–Crippen MR) is 406 cm³/mol. The topological polar surface area (TPSA) is 519 Å². The second-order valence-corrected chi connectivity index (χ2v) is 28.3. The summed E-state index contributed by atoms with van der Waals surface area (Å²) in [6.07, 6.45) is 13.5. The standard InChI is InChI=1S/C77H122N14O16/c1-6-8-9-10-11-12-13-14-15-16-17-18-22-29-69(102)86-63(47-94)75(107)90-62(46-93)68(101)41-55(37-52-30-32-58(96)33-31-52)73(105)88-60(38-51-25-20-19-21-26-51)66(99)39-53(27-23-34-83-76(78)79)71(103)87-59(28-24-35-84-77(80)81)65(98)40-54(36-49(3)4)72(104)89-61(43-57-44-82-48-85-57)67(100)42-56(45-92)74(106)91-70(50(5)95)64(97)7-2/h19-21,25-26,30-33,44,48-50,53-56,59-63,70,92-96H,6-18,22-24,27-29,34-43,45-47H2,1-5H3,(H,82,85)(H,86,102)(H,87,103)(H,88,105)(H,89,104)(H,90,107)(H,91,106)(H4,78,79,83)(H4,80,81,84)/t50-,53-,54-,55-,56+,59+,60+,61+,62+,63+,70+/m1/s1. The number of aliphatic hydroxyl groups excluding tert-OH is 4. The monoisotopic (exact) mass is 1500 g/mol. The van der Waals surface area contributed by atoms with E-state index in [-0.39, 0.29) is 101 Å². The van der Waals surface area contributed by atoms with Crippen molar-refractivity contribution in [3.8, 4) is 5.75 Å². The number of hydrogen-bond donors (Lipinski definition) is 16. The summed E-state index contributed by atoms with van der Waals surface area (Å²) >= 11 is 0. The smallest absolute Gasteiger partial charge is 0.245 e. The van der Waals surface area contributed by atoms with Crippen LogP contribution in [0.2, 0.25) is 0 Å². The van der Waals surface area contributed by atoms with Crippen molar-refractivity contribution in [3.05, 3.63) is 83.9 Å². The maximum atomic E-state index is 15.1. The molecular formula is C77H122N14O16. The summed E-state index contributed by atoms with van der Waals surface area (Å²) in [4.78, 5) is 171. The van der Waals surface area contributed by atoms with Crippen molar-refractivity contribution in [2.24, 2.45) is 62.5 Å². The van der Waals surface area contributed by atoms with Crippen LogP contribution in [0.5, 0.6) is 5.75 Å². The third-order valence-corrected chi connectivity index (χ3v) is 18.7. The number of phenols is 1. The Morgan fingerprint density at radius 1 is 0.467 bits per heavy atom. The van der Waals surface area contributed by atoms with Crippen LogP contribution in [-0.2, 0) is 72.0 Å². The number of aromatic nitrogens is 2. The lowest BCUT2D eigenvalue weighted by Crippen LogP contribution is -2.54. The van der Waals surface area contributed by atoms with Gasteiger partial charge in [0, 0.05) is 87.7 Å². The molecule has 0 saturated carbocycles. The van der Waals surface area contributed by atoms with Crippen LogP contribution >= 0.6 is 0 Å². The van der Waals surface area contributed by atoms with Gasteiger partial charge in [-0.25, -0.2) is 4.98 Å². The highest BCUT2D eigenvalue weighted by Crippen LogP contribution is 2.24. The first kappa shape index (κ1) is 92.2. The zero-order valence-electron chi connectivity index (χ0n) is 63.3. The van der Waals surface area contributed by atoms with Gasteiger partial charge in [-0.2, -0.15) is 0 Å². The molecule has 3 rings (SSSR count). The van der Waals surface area contributed by atoms with Gasteiger partial charge in [0.1, 0.15) is 23.9 Å². The SMILES string of the molecule is CCCCCCCCCCCCCCCC(=O)N[C@@H](CO)C(=O)N[C@@H](CO)C(=O)C[C@@H](Cc1ccc(O)cc1)C(=O)N[C@@H](Cc1ccccc1)C(=O)C[C@@H](CCCN=C(N)N)C(=O)N[C@@H](CCCN=C(N)N)C(=O)C[C@@H](CC(C)C)C(=O)N[C@@H](Cc1cnc[nH]1)C(=O)C[C@@H](CO)C(=O)N[C@H](C(=O)CC)[C@@H](C)O. The number of nitrogens with zero attached hydrogens (tertiary/aromatic N) is 3. The number of unbranched alkanes of at least 4 members (excludes halogenated alkanes) is 12. The van der Waals surface area contributed by atoms with Crippen LogP contribution in [0.1, 0.15) is 206 Å². The molecule has 2 aromatic carbocycles. The molecule has 6 amide bonds. The number of amides is 6. The Labute approximate surface area is 629 Å². The Bertz CT molecular complexity index is 3250. The molecule has 3 aromatic rings. The molecular weight excluding hydrogens is 1380 g/mol. The van der Waals surface area contributed by atoms with E-state index in [0.29, 0.717) is 23.2 Å². The van der Waals surface area contributed by atoms with E-state index >= 15 is 9.59 Å². The van der Waals surface area contributed by atoms with E-state index in [0.717, 1.165) is 25.7 Å². The molecule has 1 heterocycles. The number of guanidine groups is 2. The molecule has 0 saturated heterocycles. The predicted octanol–water partition coefficient (Wildman–Crippen LogP) is 3.32. The van der Waals surface area contributed by atoms with E-state index in [1.54, 1.807) is 37.3 Å². The molecule has 1 aromatic heterocycles. The number of nitrogens with one attached hydrogen (secondary N) is 7. The number of aromatic amines is 1. The number of aromatic hydroxyl groups is 1. The number of H-pyrrole nitrogens is 1. The first-order valence-electron chi connectivity index (χ1n) is 38.0. The summed E-state index contributed by atoms with van der Waals surface area (Å²) in [5, 5.41) is 67.4. The molecule has 0 fully saturated rings. The van der Waals surface area contributed by atoms with E-state index in [9.17, 15) is 68.7 Å². The number of imidazole rings is 1. The third kappa shape index (κ3) is 37.4. The van der Waals surface area contributed by atoms with Gasteiger partial charge < -0.3 is 85.4 Å². The molecule has 0 unspecified atom stereocenters. The summed E-state index contributed by atoms with van der Waals surface area (Å²) < 4.78 is 0. The molecule has 0 aliphatic heterocycles. The maximum absolute atomic E-state index is 15.1. The van der Waals surface area contributed by atoms with E-state index in [1.807, 2.05) is 13.8 Å². The summed E-state index contributed by atoms with van der Waals surface area (Å²) in [6, 6.07) is 5.88. The zero-order valence-corrected chi connectivity index (χ0v) is 63.3. The van der Waals surface area contributed by atoms with Crippen LogP contribution in [0, 0.1) is 29.6 Å². The Morgan fingerprint density at radius 2 is 0.935 bits per heavy atom. The van der Waals surface area contributed by atoms with Crippen molar-refractivity contribution in [1.29, 1.82) is 0 Å². The minimum Gasteiger partial charge on any atom is -0.508 e. The number of hydrogen-bond acceptors (Lipinski definition) is 19. The fourth-order valence-corrected chi connectivity index (χ4v) is 12.5. The van der Waals surface area contributed by atoms with Gasteiger partial charge in [-0.1, -0.05) is 147 Å². The molecule has 0 aliphatic carbocycles. The Morgan fingerprint density at radius 3 is 1.46 bits per heavy atom. The molecule has 596 valence electrons. The Hall–Kier alpha value is -9.00. The van der Waals surface area contributed by atoms with Crippen molar-refractivity contribution >= 4 is 76.3 Å². The molecule has 20 N–H and O–H groups in total. The van der Waals surface area contributed by atoms with Crippen LogP contribution in [0.25, 0.3) is 0 Å². The molecule has 30 heteroatoms. The summed E-state index contributed by atoms with van der Waals surface area (Å²) in [5.41, 5.74) is 24.1. The highest BCUT2D eigenvalue weighted by molar-refractivity contribution is 5.99. The number of Topliss-reactive ketones (excluding diaryl/α,β-unsaturated/α-hetero) is 5. The van der Waals surface area contributed by atoms with Gasteiger partial charge in [0.05, 0.1) is 56.3 Å². The van der Waals surface area contributed by atoms with Crippen LogP contribution in [0.4, 0.5) is 0 Å². The minimum atomic E-state index is -1.62. The highest BCUT2D eigenvalue weighted by atomic mass is 16.3. The Kier molecular flexibility index (Phi) is 44.9. The molecule has 107 heavy (non-hydrogen) atoms. The fraction of sp³-hybridized carbons (Fsp3) is 0.636. The van der Waals surface area contributed by atoms with E-state index in [2.05, 4.69) is 58.8 Å². The summed E-state index contributed by atoms with van der Waals surface area (Å²) in [5.74, 6) is -13.9. The van der Waals surface area contributed by atoms with Gasteiger partial charge >= 0.3 is 0 Å². The number of aliphatic hydroxyl groups is 4. The third-order valence-electron chi connectivity index (χ3n) is 18.7. The van der Waals surface area contributed by atoms with Crippen molar-refractivity contribution in [1.82, 2.24) is 41.9 Å². The minimum absolute atomic E-state index is 0.00951. The first-order valence-corrected chi connectivity index (χ1v) is 38.0. The van der Waals surface area contributed by atoms with Crippen LogP contribution < -0.4 is 54.8 Å². The van der Waals surface area contributed by atoms with Gasteiger partial charge in [-0.3, -0.25) is 62.7 Å². The lowest BCUT2D eigenvalue weighted by atomic mass is 9.87. The molecule has 0 radical (unpaired) electrons. The molecule has 0 bridgehead atoms. The number of nitrogens with two attached hydrogens (primary N) is 4. The molecule has 30 nitrogen and oxygen atoms in total. The quantitative estimate of drug-likeness (QED) is 0.0219. The normalized spacial score (nSPS) is 14.4. The molecule has 0 spiro atoms.